The first kappa shape index (κ1) is 15.7. The van der Waals surface area contributed by atoms with Crippen LogP contribution in [0, 0.1) is 6.92 Å². The Hall–Kier alpha value is -1.65. The van der Waals surface area contributed by atoms with Crippen LogP contribution in [0.5, 0.6) is 5.75 Å². The molecular formula is C17H24N2O2. The van der Waals surface area contributed by atoms with E-state index in [2.05, 4.69) is 17.2 Å². The second-order valence-corrected chi connectivity index (χ2v) is 5.71. The molecule has 2 rings (SSSR count). The fraction of sp³-hybridized carbons (Fsp3) is 0.471. The minimum absolute atomic E-state index is 0.0320. The Morgan fingerprint density at radius 1 is 1.29 bits per heavy atom. The van der Waals surface area contributed by atoms with E-state index in [0.717, 1.165) is 35.3 Å². The number of benzene rings is 1. The molecule has 0 saturated carbocycles. The third-order valence-corrected chi connectivity index (χ3v) is 3.52. The number of pyridine rings is 1. The molecule has 4 nitrogen and oxygen atoms in total. The number of nitrogens with zero attached hydrogens (tertiary/aromatic N) is 1. The number of aryl methyl sites for hydroxylation is 1. The molecule has 4 heteroatoms. The summed E-state index contributed by atoms with van der Waals surface area (Å²) in [4.78, 5) is 4.56. The summed E-state index contributed by atoms with van der Waals surface area (Å²) in [5, 5.41) is 14.0. The van der Waals surface area contributed by atoms with E-state index >= 15 is 0 Å². The van der Waals surface area contributed by atoms with Crippen LogP contribution in [0.3, 0.4) is 0 Å². The lowest BCUT2D eigenvalue weighted by Gasteiger charge is -2.28. The van der Waals surface area contributed by atoms with Crippen molar-refractivity contribution in [2.45, 2.75) is 32.7 Å². The van der Waals surface area contributed by atoms with Gasteiger partial charge in [-0.25, -0.2) is 4.98 Å². The van der Waals surface area contributed by atoms with Crippen molar-refractivity contribution < 1.29 is 9.84 Å². The van der Waals surface area contributed by atoms with Crippen molar-refractivity contribution in [2.75, 3.05) is 19.8 Å². The van der Waals surface area contributed by atoms with Crippen molar-refractivity contribution in [1.82, 2.24) is 10.3 Å². The SMILES string of the molecule is CCCNC(C)(CO)COc1cccc2ccc(C)nc12. The van der Waals surface area contributed by atoms with Crippen LogP contribution in [0.2, 0.25) is 0 Å². The molecule has 1 aromatic heterocycles. The number of rotatable bonds is 7. The van der Waals surface area contributed by atoms with Gasteiger partial charge in [0.25, 0.3) is 0 Å². The Morgan fingerprint density at radius 3 is 2.81 bits per heavy atom. The van der Waals surface area contributed by atoms with Gasteiger partial charge in [-0.2, -0.15) is 0 Å². The summed E-state index contributed by atoms with van der Waals surface area (Å²) < 4.78 is 5.94. The summed E-state index contributed by atoms with van der Waals surface area (Å²) in [5.74, 6) is 0.758. The van der Waals surface area contributed by atoms with Gasteiger partial charge < -0.3 is 15.2 Å². The van der Waals surface area contributed by atoms with Crippen molar-refractivity contribution in [3.05, 3.63) is 36.0 Å². The van der Waals surface area contributed by atoms with Crippen molar-refractivity contribution in [3.63, 3.8) is 0 Å². The lowest BCUT2D eigenvalue weighted by Crippen LogP contribution is -2.50. The first-order chi connectivity index (χ1) is 10.1. The first-order valence-electron chi connectivity index (χ1n) is 7.43. The third-order valence-electron chi connectivity index (χ3n) is 3.52. The standard InChI is InChI=1S/C17H24N2O2/c1-4-10-18-17(3,11-20)12-21-15-7-5-6-14-9-8-13(2)19-16(14)15/h5-9,18,20H,4,10-12H2,1-3H3. The van der Waals surface area contributed by atoms with Gasteiger partial charge >= 0.3 is 0 Å². The molecule has 0 aliphatic rings. The predicted molar refractivity (Wildman–Crippen MR) is 85.8 cm³/mol. The lowest BCUT2D eigenvalue weighted by atomic mass is 10.1. The fourth-order valence-corrected chi connectivity index (χ4v) is 2.15. The van der Waals surface area contributed by atoms with Gasteiger partial charge in [0.1, 0.15) is 17.9 Å². The molecule has 0 bridgehead atoms. The number of aromatic nitrogens is 1. The Balaban J connectivity index is 2.17. The van der Waals surface area contributed by atoms with Crippen LogP contribution >= 0.6 is 0 Å². The highest BCUT2D eigenvalue weighted by molar-refractivity contribution is 5.84. The smallest absolute Gasteiger partial charge is 0.145 e. The number of fused-ring (bicyclic) bond motifs is 1. The molecule has 1 unspecified atom stereocenters. The van der Waals surface area contributed by atoms with E-state index in [-0.39, 0.29) is 6.61 Å². The van der Waals surface area contributed by atoms with Gasteiger partial charge in [-0.3, -0.25) is 0 Å². The van der Waals surface area contributed by atoms with Crippen molar-refractivity contribution in [3.8, 4) is 5.75 Å². The predicted octanol–water partition coefficient (Wildman–Crippen LogP) is 2.67. The van der Waals surface area contributed by atoms with Crippen molar-refractivity contribution >= 4 is 10.9 Å². The zero-order chi connectivity index (χ0) is 15.3. The minimum Gasteiger partial charge on any atom is -0.489 e. The average molecular weight is 288 g/mol. The topological polar surface area (TPSA) is 54.4 Å². The van der Waals surface area contributed by atoms with Crippen LogP contribution in [0.15, 0.2) is 30.3 Å². The molecule has 21 heavy (non-hydrogen) atoms. The van der Waals surface area contributed by atoms with Gasteiger partial charge in [-0.15, -0.1) is 0 Å². The molecule has 0 fully saturated rings. The largest absolute Gasteiger partial charge is 0.489 e. The van der Waals surface area contributed by atoms with Crippen LogP contribution < -0.4 is 10.1 Å². The van der Waals surface area contributed by atoms with Gasteiger partial charge in [-0.05, 0) is 38.9 Å². The number of aliphatic hydroxyl groups is 1. The Morgan fingerprint density at radius 2 is 2.10 bits per heavy atom. The molecule has 2 aromatic rings. The molecular weight excluding hydrogens is 264 g/mol. The number of para-hydroxylation sites is 1. The maximum atomic E-state index is 9.59. The molecule has 1 heterocycles. The van der Waals surface area contributed by atoms with E-state index in [1.54, 1.807) is 0 Å². The van der Waals surface area contributed by atoms with Gasteiger partial charge in [0.15, 0.2) is 0 Å². The molecule has 0 aliphatic heterocycles. The number of hydrogen-bond acceptors (Lipinski definition) is 4. The molecule has 114 valence electrons. The van der Waals surface area contributed by atoms with Crippen LogP contribution in [0.1, 0.15) is 26.0 Å². The molecule has 0 aliphatic carbocycles. The zero-order valence-corrected chi connectivity index (χ0v) is 13.0. The Kier molecular flexibility index (Phi) is 5.15. The zero-order valence-electron chi connectivity index (χ0n) is 13.0. The molecule has 1 atom stereocenters. The van der Waals surface area contributed by atoms with Gasteiger partial charge in [0.2, 0.25) is 0 Å². The number of ether oxygens (including phenoxy) is 1. The normalized spacial score (nSPS) is 14.1. The molecule has 0 radical (unpaired) electrons. The van der Waals surface area contributed by atoms with E-state index in [1.165, 1.54) is 0 Å². The Bertz CT molecular complexity index is 600. The molecule has 0 amide bonds. The second-order valence-electron chi connectivity index (χ2n) is 5.71. The fourth-order valence-electron chi connectivity index (χ4n) is 2.15. The molecule has 1 aromatic carbocycles. The first-order valence-corrected chi connectivity index (χ1v) is 7.43. The average Bonchev–Trinajstić information content (AvgIpc) is 2.51. The van der Waals surface area contributed by atoms with Crippen molar-refractivity contribution in [1.29, 1.82) is 0 Å². The Labute approximate surface area is 126 Å². The summed E-state index contributed by atoms with van der Waals surface area (Å²) in [6.07, 6.45) is 1.02. The summed E-state index contributed by atoms with van der Waals surface area (Å²) in [7, 11) is 0. The van der Waals surface area contributed by atoms with E-state index in [4.69, 9.17) is 4.74 Å². The summed E-state index contributed by atoms with van der Waals surface area (Å²) in [6.45, 7) is 7.32. The number of hydrogen-bond donors (Lipinski definition) is 2. The highest BCUT2D eigenvalue weighted by atomic mass is 16.5. The van der Waals surface area contributed by atoms with E-state index in [0.29, 0.717) is 6.61 Å². The maximum absolute atomic E-state index is 9.59. The lowest BCUT2D eigenvalue weighted by molar-refractivity contribution is 0.117. The summed E-state index contributed by atoms with van der Waals surface area (Å²) in [6, 6.07) is 9.95. The van der Waals surface area contributed by atoms with Crippen molar-refractivity contribution in [2.24, 2.45) is 0 Å². The van der Waals surface area contributed by atoms with Crippen LogP contribution in [-0.4, -0.2) is 35.4 Å². The van der Waals surface area contributed by atoms with Crippen LogP contribution in [0.4, 0.5) is 0 Å². The number of nitrogens with one attached hydrogen (secondary N) is 1. The minimum atomic E-state index is -0.442. The van der Waals surface area contributed by atoms with Crippen LogP contribution in [-0.2, 0) is 0 Å². The number of aliphatic hydroxyl groups excluding tert-OH is 1. The highest BCUT2D eigenvalue weighted by Gasteiger charge is 2.23. The molecule has 0 spiro atoms. The maximum Gasteiger partial charge on any atom is 0.145 e. The molecule has 2 N–H and O–H groups in total. The van der Waals surface area contributed by atoms with E-state index in [9.17, 15) is 5.11 Å². The van der Waals surface area contributed by atoms with Gasteiger partial charge in [-0.1, -0.05) is 25.1 Å². The van der Waals surface area contributed by atoms with Gasteiger partial charge in [0, 0.05) is 11.1 Å². The quantitative estimate of drug-likeness (QED) is 0.822. The van der Waals surface area contributed by atoms with E-state index in [1.807, 2.05) is 44.2 Å². The third kappa shape index (κ3) is 3.93. The summed E-state index contributed by atoms with van der Waals surface area (Å²) in [5.41, 5.74) is 1.39. The van der Waals surface area contributed by atoms with E-state index < -0.39 is 5.54 Å². The van der Waals surface area contributed by atoms with Gasteiger partial charge in [0.05, 0.1) is 12.1 Å². The highest BCUT2D eigenvalue weighted by Crippen LogP contribution is 2.24. The second kappa shape index (κ2) is 6.87. The van der Waals surface area contributed by atoms with Crippen LogP contribution in [0.25, 0.3) is 10.9 Å². The monoisotopic (exact) mass is 288 g/mol. The molecule has 0 saturated heterocycles. The summed E-state index contributed by atoms with van der Waals surface area (Å²) >= 11 is 0.